The number of aromatic nitrogens is 2. The summed E-state index contributed by atoms with van der Waals surface area (Å²) in [6, 6.07) is 4.69. The van der Waals surface area contributed by atoms with Crippen LogP contribution in [0.25, 0.3) is 11.1 Å². The van der Waals surface area contributed by atoms with E-state index in [4.69, 9.17) is 39.8 Å². The minimum atomic E-state index is -1.50. The third kappa shape index (κ3) is 3.23. The number of hydrogen-bond acceptors (Lipinski definition) is 7. The molecular weight excluding hydrogens is 331 g/mol. The normalized spacial score (nSPS) is 13.9. The summed E-state index contributed by atoms with van der Waals surface area (Å²) < 4.78 is 0. The quantitative estimate of drug-likeness (QED) is 0.557. The number of halogens is 2. The van der Waals surface area contributed by atoms with Crippen LogP contribution in [-0.4, -0.2) is 38.0 Å². The van der Waals surface area contributed by atoms with Crippen LogP contribution in [0.3, 0.4) is 0 Å². The molecule has 1 aromatic heterocycles. The van der Waals surface area contributed by atoms with E-state index in [-0.39, 0.29) is 28.0 Å². The minimum absolute atomic E-state index is 0.00470. The van der Waals surface area contributed by atoms with Crippen molar-refractivity contribution in [3.05, 3.63) is 33.9 Å². The zero-order chi connectivity index (χ0) is 16.4. The van der Waals surface area contributed by atoms with Gasteiger partial charge in [0.1, 0.15) is 18.0 Å². The molecule has 0 fully saturated rings. The Labute approximate surface area is 136 Å². The third-order valence-corrected chi connectivity index (χ3v) is 3.76. The van der Waals surface area contributed by atoms with Gasteiger partial charge in [-0.25, -0.2) is 4.98 Å². The Bertz CT molecular complexity index is 699. The molecule has 1 heterocycles. The van der Waals surface area contributed by atoms with Crippen LogP contribution in [0.1, 0.15) is 11.8 Å². The van der Waals surface area contributed by atoms with Crippen LogP contribution in [0.15, 0.2) is 18.2 Å². The highest BCUT2D eigenvalue weighted by Crippen LogP contribution is 2.36. The van der Waals surface area contributed by atoms with Gasteiger partial charge in [0.15, 0.2) is 0 Å². The van der Waals surface area contributed by atoms with Gasteiger partial charge in [-0.2, -0.15) is 4.98 Å². The molecule has 0 bridgehead atoms. The van der Waals surface area contributed by atoms with Crippen molar-refractivity contribution in [2.24, 2.45) is 0 Å². The lowest BCUT2D eigenvalue weighted by molar-refractivity contribution is -0.0169. The molecule has 1 aromatic carbocycles. The zero-order valence-electron chi connectivity index (χ0n) is 11.2. The summed E-state index contributed by atoms with van der Waals surface area (Å²) in [5.41, 5.74) is 12.1. The maximum atomic E-state index is 10.1. The van der Waals surface area contributed by atoms with E-state index in [0.29, 0.717) is 10.6 Å². The topological polar surface area (TPSA) is 139 Å². The number of anilines is 2. The van der Waals surface area contributed by atoms with Gasteiger partial charge in [0.2, 0.25) is 5.95 Å². The summed E-state index contributed by atoms with van der Waals surface area (Å²) in [5.74, 6) is -0.162. The average Bonchev–Trinajstić information content (AvgIpc) is 2.48. The molecule has 118 valence electrons. The molecule has 0 aliphatic heterocycles. The highest BCUT2D eigenvalue weighted by atomic mass is 35.5. The maximum Gasteiger partial charge on any atom is 0.222 e. The lowest BCUT2D eigenvalue weighted by Gasteiger charge is -2.19. The second kappa shape index (κ2) is 6.64. The number of nitrogen functional groups attached to an aromatic ring is 2. The molecule has 2 aromatic rings. The summed E-state index contributed by atoms with van der Waals surface area (Å²) in [5, 5.41) is 29.4. The molecule has 0 amide bonds. The molecule has 0 saturated carbocycles. The fourth-order valence-electron chi connectivity index (χ4n) is 1.96. The SMILES string of the molecule is Nc1nc(N)c(-c2ccc(Cl)c(Cl)c2)c([C@H](O)[C@H](O)CO)n1. The lowest BCUT2D eigenvalue weighted by Crippen LogP contribution is -2.24. The van der Waals surface area contributed by atoms with Gasteiger partial charge in [-0.3, -0.25) is 0 Å². The van der Waals surface area contributed by atoms with Crippen LogP contribution in [0.4, 0.5) is 11.8 Å². The van der Waals surface area contributed by atoms with E-state index in [9.17, 15) is 10.2 Å². The van der Waals surface area contributed by atoms with Crippen LogP contribution in [0, 0.1) is 0 Å². The van der Waals surface area contributed by atoms with E-state index >= 15 is 0 Å². The number of aliphatic hydroxyl groups excluding tert-OH is 3. The van der Waals surface area contributed by atoms with Crippen LogP contribution < -0.4 is 11.5 Å². The fraction of sp³-hybridized carbons (Fsp3) is 0.231. The molecule has 2 rings (SSSR count). The van der Waals surface area contributed by atoms with Gasteiger partial charge in [0.25, 0.3) is 0 Å². The van der Waals surface area contributed by atoms with E-state index in [1.807, 2.05) is 0 Å². The molecule has 7 N–H and O–H groups in total. The van der Waals surface area contributed by atoms with E-state index in [1.54, 1.807) is 12.1 Å². The lowest BCUT2D eigenvalue weighted by atomic mass is 9.99. The molecule has 7 nitrogen and oxygen atoms in total. The largest absolute Gasteiger partial charge is 0.394 e. The number of rotatable bonds is 4. The molecule has 0 radical (unpaired) electrons. The molecular formula is C13H14Cl2N4O3. The smallest absolute Gasteiger partial charge is 0.222 e. The molecule has 0 aliphatic carbocycles. The molecule has 0 aliphatic rings. The van der Waals surface area contributed by atoms with Crippen molar-refractivity contribution in [2.45, 2.75) is 12.2 Å². The Hall–Kier alpha value is -1.64. The first-order chi connectivity index (χ1) is 10.3. The molecule has 9 heteroatoms. The molecule has 0 saturated heterocycles. The molecule has 22 heavy (non-hydrogen) atoms. The summed E-state index contributed by atoms with van der Waals surface area (Å²) in [7, 11) is 0. The van der Waals surface area contributed by atoms with Crippen molar-refractivity contribution in [3.63, 3.8) is 0 Å². The Morgan fingerprint density at radius 1 is 1.09 bits per heavy atom. The molecule has 0 unspecified atom stereocenters. The number of aliphatic hydroxyl groups is 3. The summed E-state index contributed by atoms with van der Waals surface area (Å²) in [4.78, 5) is 7.76. The van der Waals surface area contributed by atoms with Gasteiger partial charge in [0, 0.05) is 5.56 Å². The third-order valence-electron chi connectivity index (χ3n) is 3.02. The number of nitrogens with two attached hydrogens (primary N) is 2. The van der Waals surface area contributed by atoms with Crippen LogP contribution in [0.2, 0.25) is 10.0 Å². The monoisotopic (exact) mass is 344 g/mol. The van der Waals surface area contributed by atoms with Gasteiger partial charge in [-0.05, 0) is 17.7 Å². The van der Waals surface area contributed by atoms with Crippen LogP contribution in [-0.2, 0) is 0 Å². The van der Waals surface area contributed by atoms with E-state index in [0.717, 1.165) is 0 Å². The number of benzene rings is 1. The van der Waals surface area contributed by atoms with Gasteiger partial charge in [-0.15, -0.1) is 0 Å². The van der Waals surface area contributed by atoms with Crippen molar-refractivity contribution < 1.29 is 15.3 Å². The fourth-order valence-corrected chi connectivity index (χ4v) is 2.26. The van der Waals surface area contributed by atoms with E-state index < -0.39 is 18.8 Å². The number of hydrogen-bond donors (Lipinski definition) is 5. The van der Waals surface area contributed by atoms with Crippen LogP contribution >= 0.6 is 23.2 Å². The second-order valence-electron chi connectivity index (χ2n) is 4.55. The summed E-state index contributed by atoms with van der Waals surface area (Å²) >= 11 is 11.9. The summed E-state index contributed by atoms with van der Waals surface area (Å²) in [6.07, 6.45) is -2.95. The first-order valence-corrected chi connectivity index (χ1v) is 6.96. The van der Waals surface area contributed by atoms with Crippen molar-refractivity contribution in [3.8, 4) is 11.1 Å². The van der Waals surface area contributed by atoms with Gasteiger partial charge in [-0.1, -0.05) is 29.3 Å². The second-order valence-corrected chi connectivity index (χ2v) is 5.37. The minimum Gasteiger partial charge on any atom is -0.394 e. The van der Waals surface area contributed by atoms with Crippen molar-refractivity contribution in [1.82, 2.24) is 9.97 Å². The number of nitrogens with zero attached hydrogens (tertiary/aromatic N) is 2. The highest BCUT2D eigenvalue weighted by molar-refractivity contribution is 6.42. The average molecular weight is 345 g/mol. The first-order valence-electron chi connectivity index (χ1n) is 6.20. The van der Waals surface area contributed by atoms with E-state index in [2.05, 4.69) is 9.97 Å². The predicted molar refractivity (Wildman–Crippen MR) is 84.4 cm³/mol. The zero-order valence-corrected chi connectivity index (χ0v) is 12.8. The Kier molecular flexibility index (Phi) is 5.05. The Balaban J connectivity index is 2.65. The van der Waals surface area contributed by atoms with Crippen molar-refractivity contribution in [1.29, 1.82) is 0 Å². The van der Waals surface area contributed by atoms with E-state index in [1.165, 1.54) is 6.07 Å². The standard InChI is InChI=1S/C13H14Cl2N4O3/c14-6-2-1-5(3-7(6)15)9-10(11(22)8(21)4-20)18-13(17)19-12(9)16/h1-3,8,11,20-22H,4H2,(H4,16,17,18,19)/t8-,11-/m1/s1. The maximum absolute atomic E-state index is 10.1. The van der Waals surface area contributed by atoms with Gasteiger partial charge < -0.3 is 26.8 Å². The Morgan fingerprint density at radius 2 is 1.77 bits per heavy atom. The first kappa shape index (κ1) is 16.7. The van der Waals surface area contributed by atoms with Gasteiger partial charge >= 0.3 is 0 Å². The summed E-state index contributed by atoms with van der Waals surface area (Å²) in [6.45, 7) is -0.661. The molecule has 0 spiro atoms. The van der Waals surface area contributed by atoms with Gasteiger partial charge in [0.05, 0.1) is 22.3 Å². The van der Waals surface area contributed by atoms with Crippen LogP contribution in [0.5, 0.6) is 0 Å². The predicted octanol–water partition coefficient (Wildman–Crippen LogP) is 1.00. The van der Waals surface area contributed by atoms with Crippen molar-refractivity contribution >= 4 is 35.0 Å². The molecule has 2 atom stereocenters. The van der Waals surface area contributed by atoms with Crippen molar-refractivity contribution in [2.75, 3.05) is 18.1 Å². The Morgan fingerprint density at radius 3 is 2.36 bits per heavy atom. The highest BCUT2D eigenvalue weighted by Gasteiger charge is 2.25.